The van der Waals surface area contributed by atoms with Crippen molar-refractivity contribution in [2.45, 2.75) is 0 Å². The summed E-state index contributed by atoms with van der Waals surface area (Å²) >= 11 is 2.65. The molecular formula is C8H13BrCuN2O. The molecule has 1 rings (SSSR count). The van der Waals surface area contributed by atoms with Gasteiger partial charge in [-0.05, 0) is 12.1 Å². The Balaban J connectivity index is 0. The molecule has 0 saturated heterocycles. The Morgan fingerprint density at radius 3 is 1.92 bits per heavy atom. The summed E-state index contributed by atoms with van der Waals surface area (Å²) < 4.78 is 4.06. The average Bonchev–Trinajstić information content (AvgIpc) is 2.07. The first-order valence-electron chi connectivity index (χ1n) is 3.44. The second-order valence-electron chi connectivity index (χ2n) is 2.25. The van der Waals surface area contributed by atoms with Gasteiger partial charge in [0.05, 0.1) is 23.4 Å². The Morgan fingerprint density at radius 2 is 1.69 bits per heavy atom. The first-order chi connectivity index (χ1) is 5.72. The molecule has 0 N–H and O–H groups in total. The number of anilines is 1. The van der Waals surface area contributed by atoms with Crippen LogP contribution in [0.15, 0.2) is 24.5 Å². The van der Waals surface area contributed by atoms with E-state index in [4.69, 9.17) is 0 Å². The maximum Gasteiger partial charge on any atom is 0.0984 e. The quantitative estimate of drug-likeness (QED) is 0.742. The molecular weight excluding hydrogens is 284 g/mol. The molecule has 0 aromatic carbocycles. The van der Waals surface area contributed by atoms with E-state index in [-0.39, 0.29) is 17.1 Å². The van der Waals surface area contributed by atoms with E-state index in [1.807, 2.05) is 31.1 Å². The summed E-state index contributed by atoms with van der Waals surface area (Å²) in [6.07, 6.45) is 3.57. The number of pyridine rings is 1. The van der Waals surface area contributed by atoms with Crippen molar-refractivity contribution in [2.75, 3.05) is 26.1 Å². The number of aromatic nitrogens is 1. The normalized spacial score (nSPS) is 7.69. The maximum atomic E-state index is 4.06. The average molecular weight is 297 g/mol. The van der Waals surface area contributed by atoms with E-state index in [1.54, 1.807) is 19.5 Å². The van der Waals surface area contributed by atoms with Crippen LogP contribution in [0.4, 0.5) is 5.69 Å². The minimum Gasteiger partial charge on any atom is -0.378 e. The van der Waals surface area contributed by atoms with Crippen LogP contribution in [-0.2, 0) is 20.9 Å². The molecule has 0 atom stereocenters. The number of halogens is 1. The van der Waals surface area contributed by atoms with Crippen LogP contribution in [-0.4, -0.2) is 26.2 Å². The van der Waals surface area contributed by atoms with Crippen molar-refractivity contribution >= 4 is 21.9 Å². The Kier molecular flexibility index (Phi) is 11.8. The monoisotopic (exact) mass is 295 g/mol. The molecule has 0 fully saturated rings. The maximum absolute atomic E-state index is 4.06. The van der Waals surface area contributed by atoms with E-state index >= 15 is 0 Å². The standard InChI is InChI=1S/C7H10N2.CH3BrO.Cu/c1-9(2)7-3-5-8-6-4-7;1-3-2;/h3-6H,1-2H3;1H3;. The van der Waals surface area contributed by atoms with E-state index in [2.05, 4.69) is 25.1 Å². The Morgan fingerprint density at radius 1 is 1.31 bits per heavy atom. The number of hydrogen-bond donors (Lipinski definition) is 0. The van der Waals surface area contributed by atoms with Gasteiger partial charge in [0, 0.05) is 49.2 Å². The molecule has 5 heteroatoms. The van der Waals surface area contributed by atoms with Gasteiger partial charge in [0.25, 0.3) is 0 Å². The number of rotatable bonds is 1. The summed E-state index contributed by atoms with van der Waals surface area (Å²) in [6, 6.07) is 3.94. The van der Waals surface area contributed by atoms with Gasteiger partial charge in [-0.2, -0.15) is 0 Å². The molecule has 0 aliphatic heterocycles. The van der Waals surface area contributed by atoms with Crippen molar-refractivity contribution in [3.63, 3.8) is 0 Å². The van der Waals surface area contributed by atoms with Gasteiger partial charge in [-0.15, -0.1) is 0 Å². The van der Waals surface area contributed by atoms with Gasteiger partial charge in [-0.25, -0.2) is 0 Å². The topological polar surface area (TPSA) is 25.4 Å². The SMILES string of the molecule is CN(C)c1ccncc1.COBr.[Cu]. The van der Waals surface area contributed by atoms with E-state index in [0.29, 0.717) is 0 Å². The van der Waals surface area contributed by atoms with Crippen LogP contribution in [0.2, 0.25) is 0 Å². The van der Waals surface area contributed by atoms with Crippen LogP contribution < -0.4 is 4.90 Å². The van der Waals surface area contributed by atoms with Gasteiger partial charge < -0.3 is 8.73 Å². The predicted molar refractivity (Wildman–Crippen MR) is 54.5 cm³/mol. The molecule has 1 aromatic rings. The fourth-order valence-corrected chi connectivity index (χ4v) is 0.642. The van der Waals surface area contributed by atoms with Crippen LogP contribution in [0.5, 0.6) is 0 Å². The van der Waals surface area contributed by atoms with Gasteiger partial charge in [0.2, 0.25) is 0 Å². The van der Waals surface area contributed by atoms with Crippen LogP contribution in [0.3, 0.4) is 0 Å². The molecule has 3 nitrogen and oxygen atoms in total. The third-order valence-electron chi connectivity index (χ3n) is 1.18. The molecule has 0 amide bonds. The number of hydrogen-bond acceptors (Lipinski definition) is 3. The van der Waals surface area contributed by atoms with Crippen LogP contribution in [0.25, 0.3) is 0 Å². The van der Waals surface area contributed by atoms with E-state index in [9.17, 15) is 0 Å². The zero-order chi connectivity index (χ0) is 9.40. The third-order valence-corrected chi connectivity index (χ3v) is 1.18. The smallest absolute Gasteiger partial charge is 0.0984 e. The first kappa shape index (κ1) is 15.4. The van der Waals surface area contributed by atoms with Gasteiger partial charge in [0.1, 0.15) is 0 Å². The van der Waals surface area contributed by atoms with Crippen molar-refractivity contribution in [2.24, 2.45) is 0 Å². The fourth-order valence-electron chi connectivity index (χ4n) is 0.642. The molecule has 1 radical (unpaired) electrons. The molecule has 0 saturated carbocycles. The second kappa shape index (κ2) is 9.99. The summed E-state index contributed by atoms with van der Waals surface area (Å²) in [5.41, 5.74) is 1.19. The van der Waals surface area contributed by atoms with Crippen LogP contribution in [0, 0.1) is 0 Å². The van der Waals surface area contributed by atoms with Gasteiger partial charge in [-0.3, -0.25) is 4.98 Å². The summed E-state index contributed by atoms with van der Waals surface area (Å²) in [4.78, 5) is 5.94. The molecule has 0 bridgehead atoms. The molecule has 79 valence electrons. The molecule has 13 heavy (non-hydrogen) atoms. The summed E-state index contributed by atoms with van der Waals surface area (Å²) in [6.45, 7) is 0. The molecule has 0 aliphatic carbocycles. The molecule has 0 spiro atoms. The molecule has 1 heterocycles. The summed E-state index contributed by atoms with van der Waals surface area (Å²) in [7, 11) is 5.56. The Bertz CT molecular complexity index is 197. The van der Waals surface area contributed by atoms with Crippen molar-refractivity contribution in [3.05, 3.63) is 24.5 Å². The second-order valence-corrected chi connectivity index (χ2v) is 2.90. The molecule has 0 unspecified atom stereocenters. The van der Waals surface area contributed by atoms with Gasteiger partial charge in [0.15, 0.2) is 0 Å². The van der Waals surface area contributed by atoms with Crippen molar-refractivity contribution in [1.29, 1.82) is 0 Å². The van der Waals surface area contributed by atoms with Crippen LogP contribution in [0.1, 0.15) is 0 Å². The zero-order valence-electron chi connectivity index (χ0n) is 7.79. The molecule has 1 aromatic heterocycles. The third kappa shape index (κ3) is 8.25. The van der Waals surface area contributed by atoms with Gasteiger partial charge in [-0.1, -0.05) is 0 Å². The Hall–Kier alpha value is -0.0905. The predicted octanol–water partition coefficient (Wildman–Crippen LogP) is 2.09. The minimum absolute atomic E-state index is 0. The largest absolute Gasteiger partial charge is 0.378 e. The number of nitrogens with zero attached hydrogens (tertiary/aromatic N) is 2. The summed E-state index contributed by atoms with van der Waals surface area (Å²) in [5.74, 6) is 0. The first-order valence-corrected chi connectivity index (χ1v) is 4.09. The Labute approximate surface area is 98.4 Å². The fraction of sp³-hybridized carbons (Fsp3) is 0.375. The summed E-state index contributed by atoms with van der Waals surface area (Å²) in [5, 5.41) is 0. The van der Waals surface area contributed by atoms with Crippen molar-refractivity contribution in [1.82, 2.24) is 4.98 Å². The van der Waals surface area contributed by atoms with Crippen LogP contribution >= 0.6 is 16.3 Å². The van der Waals surface area contributed by atoms with Gasteiger partial charge >= 0.3 is 0 Å². The minimum atomic E-state index is 0. The molecule has 0 aliphatic rings. The van der Waals surface area contributed by atoms with Crippen molar-refractivity contribution in [3.8, 4) is 0 Å². The zero-order valence-corrected chi connectivity index (χ0v) is 10.3. The van der Waals surface area contributed by atoms with E-state index in [0.717, 1.165) is 0 Å². The van der Waals surface area contributed by atoms with E-state index in [1.165, 1.54) is 5.69 Å². The van der Waals surface area contributed by atoms with E-state index < -0.39 is 0 Å². The van der Waals surface area contributed by atoms with Crippen molar-refractivity contribution < 1.29 is 20.9 Å².